The molecule has 0 aliphatic rings. The van der Waals surface area contributed by atoms with E-state index in [0.29, 0.717) is 0 Å². The van der Waals surface area contributed by atoms with E-state index in [4.69, 9.17) is 0 Å². The van der Waals surface area contributed by atoms with Crippen LogP contribution in [0.4, 0.5) is 0 Å². The van der Waals surface area contributed by atoms with E-state index < -0.39 is 7.26 Å². The Bertz CT molecular complexity index is 627. The third-order valence-electron chi connectivity index (χ3n) is 9.52. The Morgan fingerprint density at radius 2 is 0.800 bits per heavy atom. The number of rotatable bonds is 30. The molecule has 0 aliphatic carbocycles. The van der Waals surface area contributed by atoms with Crippen LogP contribution in [-0.2, 0) is 6.16 Å². The molecule has 0 N–H and O–H groups in total. The van der Waals surface area contributed by atoms with Crippen molar-refractivity contribution < 1.29 is 0 Å². The monoisotopic (exact) mass is 573 g/mol. The van der Waals surface area contributed by atoms with Crippen LogP contribution in [0.3, 0.4) is 0 Å². The van der Waals surface area contributed by atoms with Crippen LogP contribution in [0, 0.1) is 0 Å². The van der Waals surface area contributed by atoms with Crippen molar-refractivity contribution in [2.24, 2.45) is 0 Å². The Morgan fingerprint density at radius 1 is 0.475 bits per heavy atom. The topological polar surface area (TPSA) is 0 Å². The standard InChI is InChI=1S/C39H73P/c1-5-9-12-15-18-21-24-29-34-40(35-30-25-22-19-16-13-10-6-2,36-31-26-23-20-17-14-11-7-3)37-39-33-28-27-32-38(39)8-4/h8,27-28,32-33,40H,4-7,9-26,29-31,34-37H2,1-3H3. The molecule has 234 valence electrons. The zero-order valence-electron chi connectivity index (χ0n) is 27.9. The summed E-state index contributed by atoms with van der Waals surface area (Å²) in [5, 5.41) is 0. The molecule has 0 saturated carbocycles. The van der Waals surface area contributed by atoms with E-state index in [2.05, 4.69) is 57.7 Å². The summed E-state index contributed by atoms with van der Waals surface area (Å²) in [5.41, 5.74) is 3.02. The molecule has 0 atom stereocenters. The van der Waals surface area contributed by atoms with E-state index >= 15 is 0 Å². The van der Waals surface area contributed by atoms with Crippen LogP contribution in [0.1, 0.15) is 186 Å². The molecule has 1 aromatic carbocycles. The van der Waals surface area contributed by atoms with Gasteiger partial charge in [-0.3, -0.25) is 0 Å². The maximum atomic E-state index is 4.19. The van der Waals surface area contributed by atoms with Gasteiger partial charge in [0.1, 0.15) is 0 Å². The molecule has 0 fully saturated rings. The van der Waals surface area contributed by atoms with Gasteiger partial charge in [-0.1, -0.05) is 0 Å². The fraction of sp³-hybridized carbons (Fsp3) is 0.795. The van der Waals surface area contributed by atoms with Gasteiger partial charge in [0.05, 0.1) is 0 Å². The average molecular weight is 573 g/mol. The van der Waals surface area contributed by atoms with Gasteiger partial charge in [0.25, 0.3) is 0 Å². The molecule has 0 saturated heterocycles. The quantitative estimate of drug-likeness (QED) is 0.0635. The molecule has 1 heteroatoms. The summed E-state index contributed by atoms with van der Waals surface area (Å²) < 4.78 is 0. The molecule has 1 rings (SSSR count). The number of unbranched alkanes of at least 4 members (excludes halogenated alkanes) is 21. The van der Waals surface area contributed by atoms with Crippen molar-refractivity contribution in [2.45, 2.75) is 181 Å². The van der Waals surface area contributed by atoms with Gasteiger partial charge in [0, 0.05) is 0 Å². The summed E-state index contributed by atoms with van der Waals surface area (Å²) in [4.78, 5) is 0. The summed E-state index contributed by atoms with van der Waals surface area (Å²) in [5.74, 6) is 0. The molecule has 0 aromatic heterocycles. The first-order valence-corrected chi connectivity index (χ1v) is 21.2. The first kappa shape index (κ1) is 37.4. The van der Waals surface area contributed by atoms with Crippen LogP contribution in [-0.4, -0.2) is 18.5 Å². The van der Waals surface area contributed by atoms with Crippen LogP contribution in [0.2, 0.25) is 0 Å². The molecule has 0 nitrogen and oxygen atoms in total. The van der Waals surface area contributed by atoms with Gasteiger partial charge < -0.3 is 0 Å². The van der Waals surface area contributed by atoms with Gasteiger partial charge in [0.15, 0.2) is 0 Å². The van der Waals surface area contributed by atoms with Gasteiger partial charge in [-0.05, 0) is 0 Å². The van der Waals surface area contributed by atoms with Crippen molar-refractivity contribution in [3.63, 3.8) is 0 Å². The molecule has 0 bridgehead atoms. The van der Waals surface area contributed by atoms with E-state index in [0.717, 1.165) is 0 Å². The van der Waals surface area contributed by atoms with Crippen LogP contribution < -0.4 is 0 Å². The molecule has 0 aliphatic heterocycles. The normalized spacial score (nSPS) is 12.2. The maximum absolute atomic E-state index is 4.19. The second-order valence-electron chi connectivity index (χ2n) is 13.3. The minimum absolute atomic E-state index is 1.36. The van der Waals surface area contributed by atoms with Crippen LogP contribution >= 0.6 is 7.26 Å². The molecule has 0 heterocycles. The van der Waals surface area contributed by atoms with E-state index in [1.165, 1.54) is 166 Å². The number of hydrogen-bond donors (Lipinski definition) is 0. The molecule has 0 radical (unpaired) electrons. The Hall–Kier alpha value is -0.610. The summed E-state index contributed by atoms with van der Waals surface area (Å²) in [6, 6.07) is 9.24. The Kier molecular flexibility index (Phi) is 25.5. The van der Waals surface area contributed by atoms with Crippen molar-refractivity contribution in [1.29, 1.82) is 0 Å². The van der Waals surface area contributed by atoms with Crippen molar-refractivity contribution >= 4 is 13.3 Å². The van der Waals surface area contributed by atoms with Crippen molar-refractivity contribution in [1.82, 2.24) is 0 Å². The fourth-order valence-corrected chi connectivity index (χ4v) is 12.3. The zero-order chi connectivity index (χ0) is 29.0. The third-order valence-corrected chi connectivity index (χ3v) is 14.9. The second kappa shape index (κ2) is 27.2. The predicted molar refractivity (Wildman–Crippen MR) is 191 cm³/mol. The van der Waals surface area contributed by atoms with Crippen LogP contribution in [0.5, 0.6) is 0 Å². The molecule has 40 heavy (non-hydrogen) atoms. The van der Waals surface area contributed by atoms with Crippen molar-refractivity contribution in [3.8, 4) is 0 Å². The summed E-state index contributed by atoms with van der Waals surface area (Å²) in [6.45, 7) is 11.2. The zero-order valence-corrected chi connectivity index (χ0v) is 28.9. The van der Waals surface area contributed by atoms with E-state index in [9.17, 15) is 0 Å². The molecule has 0 amide bonds. The first-order valence-electron chi connectivity index (χ1n) is 18.4. The van der Waals surface area contributed by atoms with Gasteiger partial charge >= 0.3 is 255 Å². The van der Waals surface area contributed by atoms with E-state index in [-0.39, 0.29) is 0 Å². The van der Waals surface area contributed by atoms with E-state index in [1.807, 2.05) is 0 Å². The van der Waals surface area contributed by atoms with Crippen LogP contribution in [0.15, 0.2) is 30.8 Å². The van der Waals surface area contributed by atoms with Gasteiger partial charge in [-0.15, -0.1) is 0 Å². The van der Waals surface area contributed by atoms with Crippen LogP contribution in [0.25, 0.3) is 6.08 Å². The fourth-order valence-electron chi connectivity index (χ4n) is 6.84. The molecular formula is C39H73P. The first-order chi connectivity index (χ1) is 19.7. The van der Waals surface area contributed by atoms with Crippen molar-refractivity contribution in [2.75, 3.05) is 18.5 Å². The van der Waals surface area contributed by atoms with E-state index in [1.54, 1.807) is 24.0 Å². The Morgan fingerprint density at radius 3 is 1.15 bits per heavy atom. The van der Waals surface area contributed by atoms with Gasteiger partial charge in [-0.2, -0.15) is 0 Å². The average Bonchev–Trinajstić information content (AvgIpc) is 2.97. The molecule has 0 spiro atoms. The van der Waals surface area contributed by atoms with Gasteiger partial charge in [0.2, 0.25) is 0 Å². The van der Waals surface area contributed by atoms with Crippen molar-refractivity contribution in [3.05, 3.63) is 42.0 Å². The SMILES string of the molecule is C=Cc1ccccc1C[PH](CCCCCCCCCC)(CCCCCCCCCC)CCCCCCCCCC. The minimum atomic E-state index is -1.38. The molecule has 0 unspecified atom stereocenters. The van der Waals surface area contributed by atoms with Gasteiger partial charge in [-0.25, -0.2) is 0 Å². The predicted octanol–water partition coefficient (Wildman–Crippen LogP) is 14.0. The molecular weight excluding hydrogens is 499 g/mol. The summed E-state index contributed by atoms with van der Waals surface area (Å²) in [7, 11) is -1.38. The Balaban J connectivity index is 2.78. The number of hydrogen-bond acceptors (Lipinski definition) is 0. The summed E-state index contributed by atoms with van der Waals surface area (Å²) >= 11 is 0. The second-order valence-corrected chi connectivity index (χ2v) is 18.1. The third kappa shape index (κ3) is 19.5. The summed E-state index contributed by atoms with van der Waals surface area (Å²) in [6.07, 6.45) is 43.0. The molecule has 1 aromatic rings. The number of benzene rings is 1. The Labute approximate surface area is 254 Å².